The van der Waals surface area contributed by atoms with Crippen LogP contribution in [-0.4, -0.2) is 31.4 Å². The molecule has 2 heterocycles. The van der Waals surface area contributed by atoms with Crippen molar-refractivity contribution in [2.45, 2.75) is 16.8 Å². The lowest BCUT2D eigenvalue weighted by molar-refractivity contribution is -0.122. The number of primary sulfonamides is 1. The molecule has 104 valence electrons. The van der Waals surface area contributed by atoms with Crippen LogP contribution in [0.5, 0.6) is 0 Å². The van der Waals surface area contributed by atoms with Crippen molar-refractivity contribution in [1.29, 1.82) is 0 Å². The van der Waals surface area contributed by atoms with E-state index in [2.05, 4.69) is 10.6 Å². The Hall–Kier alpha value is -1.10. The van der Waals surface area contributed by atoms with Gasteiger partial charge < -0.3 is 10.6 Å². The van der Waals surface area contributed by atoms with Crippen LogP contribution in [0.2, 0.25) is 0 Å². The zero-order chi connectivity index (χ0) is 14.0. The summed E-state index contributed by atoms with van der Waals surface area (Å²) in [6.45, 7) is 0.204. The van der Waals surface area contributed by atoms with Crippen LogP contribution in [0.15, 0.2) is 16.3 Å². The van der Waals surface area contributed by atoms with Crippen molar-refractivity contribution in [3.8, 4) is 0 Å². The normalized spacial score (nSPS) is 19.2. The Morgan fingerprint density at radius 1 is 1.53 bits per heavy atom. The average molecular weight is 321 g/mol. The maximum absolute atomic E-state index is 11.7. The average Bonchev–Trinajstić information content (AvgIpc) is 2.93. The van der Waals surface area contributed by atoms with Crippen LogP contribution in [0.25, 0.3) is 0 Å². The van der Waals surface area contributed by atoms with Gasteiger partial charge in [0.2, 0.25) is 15.9 Å². The lowest BCUT2D eigenvalue weighted by Crippen LogP contribution is -2.42. The number of nitrogens with one attached hydrogen (secondary N) is 2. The van der Waals surface area contributed by atoms with E-state index < -0.39 is 16.1 Å². The van der Waals surface area contributed by atoms with Crippen molar-refractivity contribution in [3.05, 3.63) is 17.0 Å². The van der Waals surface area contributed by atoms with Gasteiger partial charge in [-0.3, -0.25) is 9.59 Å². The number of hydrogen-bond acceptors (Lipinski definition) is 6. The zero-order valence-electron chi connectivity index (χ0n) is 9.58. The van der Waals surface area contributed by atoms with Gasteiger partial charge in [-0.05, 0) is 12.1 Å². The topological polar surface area (TPSA) is 118 Å². The van der Waals surface area contributed by atoms with Crippen LogP contribution in [-0.2, 0) is 21.4 Å². The number of amides is 2. The molecule has 19 heavy (non-hydrogen) atoms. The molecular formula is C9H11N3O4S3. The second kappa shape index (κ2) is 5.49. The number of thioether (sulfide) groups is 1. The molecule has 0 radical (unpaired) electrons. The first-order valence-electron chi connectivity index (χ1n) is 5.19. The molecule has 10 heteroatoms. The first-order chi connectivity index (χ1) is 8.86. The lowest BCUT2D eigenvalue weighted by Gasteiger charge is -2.08. The van der Waals surface area contributed by atoms with Crippen molar-refractivity contribution in [2.75, 3.05) is 5.75 Å². The molecule has 4 N–H and O–H groups in total. The molecule has 1 aliphatic heterocycles. The molecule has 2 amide bonds. The number of nitrogens with two attached hydrogens (primary N) is 1. The Balaban J connectivity index is 1.90. The number of carbonyl (C=O) groups is 2. The van der Waals surface area contributed by atoms with Gasteiger partial charge in [0.15, 0.2) is 0 Å². The van der Waals surface area contributed by atoms with Crippen LogP contribution in [0.3, 0.4) is 0 Å². The van der Waals surface area contributed by atoms with E-state index in [1.807, 2.05) is 0 Å². The number of sulfonamides is 1. The van der Waals surface area contributed by atoms with Gasteiger partial charge in [0, 0.05) is 10.6 Å². The summed E-state index contributed by atoms with van der Waals surface area (Å²) < 4.78 is 22.2. The van der Waals surface area contributed by atoms with Crippen LogP contribution in [0.4, 0.5) is 4.79 Å². The molecule has 1 aromatic heterocycles. The molecule has 7 nitrogen and oxygen atoms in total. The molecule has 1 fully saturated rings. The fraction of sp³-hybridized carbons (Fsp3) is 0.333. The fourth-order valence-electron chi connectivity index (χ4n) is 1.43. The molecule has 0 bridgehead atoms. The smallest absolute Gasteiger partial charge is 0.279 e. The SMILES string of the molecule is NS(=O)(=O)c1ccc(CNC(=O)C2CSC(=O)N2)s1. The summed E-state index contributed by atoms with van der Waals surface area (Å²) in [4.78, 5) is 23.3. The Labute approximate surface area is 118 Å². The quantitative estimate of drug-likeness (QED) is 0.712. The third-order valence-corrected chi connectivity index (χ3v) is 5.75. The third kappa shape index (κ3) is 3.69. The van der Waals surface area contributed by atoms with E-state index in [0.717, 1.165) is 23.1 Å². The summed E-state index contributed by atoms with van der Waals surface area (Å²) in [5.41, 5.74) is 0. The summed E-state index contributed by atoms with van der Waals surface area (Å²) in [7, 11) is -3.70. The molecule has 1 aromatic rings. The van der Waals surface area contributed by atoms with E-state index in [4.69, 9.17) is 5.14 Å². The van der Waals surface area contributed by atoms with E-state index in [0.29, 0.717) is 10.6 Å². The van der Waals surface area contributed by atoms with E-state index >= 15 is 0 Å². The van der Waals surface area contributed by atoms with Crippen molar-refractivity contribution in [2.24, 2.45) is 5.14 Å². The van der Waals surface area contributed by atoms with Gasteiger partial charge >= 0.3 is 0 Å². The summed E-state index contributed by atoms with van der Waals surface area (Å²) in [5, 5.41) is 9.92. The van der Waals surface area contributed by atoms with E-state index in [-0.39, 0.29) is 21.9 Å². The first-order valence-corrected chi connectivity index (χ1v) is 8.53. The van der Waals surface area contributed by atoms with Gasteiger partial charge in [0.05, 0.1) is 6.54 Å². The van der Waals surface area contributed by atoms with Crippen molar-refractivity contribution in [1.82, 2.24) is 10.6 Å². The molecular weight excluding hydrogens is 310 g/mol. The molecule has 1 unspecified atom stereocenters. The number of hydrogen-bond donors (Lipinski definition) is 3. The zero-order valence-corrected chi connectivity index (χ0v) is 12.0. The summed E-state index contributed by atoms with van der Waals surface area (Å²) in [6.07, 6.45) is 0. The van der Waals surface area contributed by atoms with E-state index in [1.165, 1.54) is 6.07 Å². The Kier molecular flexibility index (Phi) is 4.13. The minimum absolute atomic E-state index is 0.0569. The molecule has 1 aliphatic rings. The molecule has 0 saturated carbocycles. The van der Waals surface area contributed by atoms with Gasteiger partial charge in [-0.1, -0.05) is 11.8 Å². The lowest BCUT2D eigenvalue weighted by atomic mass is 10.3. The van der Waals surface area contributed by atoms with Gasteiger partial charge in [0.1, 0.15) is 10.3 Å². The maximum atomic E-state index is 11.7. The van der Waals surface area contributed by atoms with Crippen LogP contribution in [0, 0.1) is 0 Å². The second-order valence-corrected chi connectivity index (χ2v) is 7.73. The number of rotatable bonds is 4. The highest BCUT2D eigenvalue weighted by Crippen LogP contribution is 2.20. The highest BCUT2D eigenvalue weighted by Gasteiger charge is 2.27. The monoisotopic (exact) mass is 321 g/mol. The minimum atomic E-state index is -3.70. The summed E-state index contributed by atoms with van der Waals surface area (Å²) in [5.74, 6) is 0.112. The Morgan fingerprint density at radius 2 is 2.26 bits per heavy atom. The van der Waals surface area contributed by atoms with Crippen molar-refractivity contribution >= 4 is 44.3 Å². The summed E-state index contributed by atoms with van der Waals surface area (Å²) in [6, 6.07) is 2.46. The number of thiophene rings is 1. The molecule has 1 saturated heterocycles. The van der Waals surface area contributed by atoms with Gasteiger partial charge in [-0.25, -0.2) is 13.6 Å². The Bertz CT molecular complexity index is 610. The number of carbonyl (C=O) groups excluding carboxylic acids is 2. The van der Waals surface area contributed by atoms with Crippen LogP contribution < -0.4 is 15.8 Å². The standard InChI is InChI=1S/C9H11N3O4S3/c10-19(15,16)7-2-1-5(18-7)3-11-8(13)6-4-17-9(14)12-6/h1-2,6H,3-4H2,(H,11,13)(H,12,14)(H2,10,15,16). The highest BCUT2D eigenvalue weighted by molar-refractivity contribution is 8.14. The van der Waals surface area contributed by atoms with Crippen LogP contribution >= 0.6 is 23.1 Å². The fourth-order valence-corrected chi connectivity index (χ4v) is 3.93. The predicted octanol–water partition coefficient (Wildman–Crippen LogP) is -0.163. The van der Waals surface area contributed by atoms with Crippen molar-refractivity contribution in [3.63, 3.8) is 0 Å². The van der Waals surface area contributed by atoms with E-state index in [9.17, 15) is 18.0 Å². The van der Waals surface area contributed by atoms with Crippen molar-refractivity contribution < 1.29 is 18.0 Å². The third-order valence-electron chi connectivity index (χ3n) is 2.34. The first kappa shape index (κ1) is 14.3. The second-order valence-electron chi connectivity index (χ2n) is 3.78. The highest BCUT2D eigenvalue weighted by atomic mass is 32.2. The Morgan fingerprint density at radius 3 is 2.79 bits per heavy atom. The molecule has 0 aromatic carbocycles. The largest absolute Gasteiger partial charge is 0.349 e. The molecule has 1 atom stereocenters. The molecule has 2 rings (SSSR count). The maximum Gasteiger partial charge on any atom is 0.279 e. The van der Waals surface area contributed by atoms with Gasteiger partial charge in [0.25, 0.3) is 5.24 Å². The van der Waals surface area contributed by atoms with Gasteiger partial charge in [-0.2, -0.15) is 0 Å². The molecule has 0 aliphatic carbocycles. The van der Waals surface area contributed by atoms with Gasteiger partial charge in [-0.15, -0.1) is 11.3 Å². The minimum Gasteiger partial charge on any atom is -0.349 e. The van der Waals surface area contributed by atoms with E-state index in [1.54, 1.807) is 6.07 Å². The summed E-state index contributed by atoms with van der Waals surface area (Å²) >= 11 is 2.06. The molecule has 0 spiro atoms. The predicted molar refractivity (Wildman–Crippen MR) is 72.3 cm³/mol. The van der Waals surface area contributed by atoms with Crippen LogP contribution in [0.1, 0.15) is 4.88 Å².